The van der Waals surface area contributed by atoms with Crippen molar-refractivity contribution in [2.24, 2.45) is 0 Å². The standard InChI is InChI=1S/C20H23ClN2O10S2/c21-13-2-1-3-15(9-13)34(28,29)23-17(19(26)27)8-12-4-6-20(7-5-12,33-35(30,31)32)18(25)16-10-14(24)11-22-16/h1-6,9,14,16-17,22-24H,7-8,10-11H2,(H,26,27)(H,30,31,32)/t14-,16+,17+,20+/m1/s1. The Kier molecular flexibility index (Phi) is 8.18. The number of β-amino-alcohol motifs (C(OH)–C–C–N with tert-alkyl or cyclic N) is 1. The molecule has 5 N–H and O–H groups in total. The van der Waals surface area contributed by atoms with Crippen LogP contribution in [0.3, 0.4) is 0 Å². The maximum atomic E-state index is 13.0. The highest BCUT2D eigenvalue weighted by molar-refractivity contribution is 7.89. The quantitative estimate of drug-likeness (QED) is 0.249. The molecule has 0 aromatic heterocycles. The fourth-order valence-corrected chi connectivity index (χ4v) is 5.87. The number of carbonyl (C=O) groups excluding carboxylic acids is 1. The van der Waals surface area contributed by atoms with Gasteiger partial charge in [0.15, 0.2) is 11.4 Å². The lowest BCUT2D eigenvalue weighted by atomic mass is 9.83. The van der Waals surface area contributed by atoms with E-state index in [-0.39, 0.29) is 41.3 Å². The molecule has 0 unspecified atom stereocenters. The molecule has 0 bridgehead atoms. The van der Waals surface area contributed by atoms with Crippen molar-refractivity contribution >= 4 is 43.8 Å². The fraction of sp³-hybridized carbons (Fsp3) is 0.400. The number of aliphatic hydroxyl groups excluding tert-OH is 1. The first-order valence-corrected chi connectivity index (χ1v) is 13.5. The molecule has 4 atom stereocenters. The lowest BCUT2D eigenvalue weighted by Crippen LogP contribution is -2.50. The van der Waals surface area contributed by atoms with Crippen LogP contribution >= 0.6 is 11.6 Å². The number of benzene rings is 1. The van der Waals surface area contributed by atoms with Crippen LogP contribution in [0.25, 0.3) is 0 Å². The number of hydrogen-bond donors (Lipinski definition) is 5. The highest BCUT2D eigenvalue weighted by atomic mass is 35.5. The molecule has 192 valence electrons. The minimum Gasteiger partial charge on any atom is -0.480 e. The van der Waals surface area contributed by atoms with Gasteiger partial charge in [-0.15, -0.1) is 0 Å². The van der Waals surface area contributed by atoms with Crippen molar-refractivity contribution < 1.29 is 45.4 Å². The maximum Gasteiger partial charge on any atom is 0.398 e. The van der Waals surface area contributed by atoms with Crippen LogP contribution in [0.5, 0.6) is 0 Å². The van der Waals surface area contributed by atoms with Gasteiger partial charge >= 0.3 is 16.4 Å². The Morgan fingerprint density at radius 2 is 2.00 bits per heavy atom. The van der Waals surface area contributed by atoms with E-state index in [0.717, 1.165) is 12.1 Å². The first-order chi connectivity index (χ1) is 16.2. The third kappa shape index (κ3) is 6.95. The summed E-state index contributed by atoms with van der Waals surface area (Å²) in [7, 11) is -9.31. The molecule has 0 saturated carbocycles. The minimum atomic E-state index is -5.07. The van der Waals surface area contributed by atoms with Gasteiger partial charge in [-0.2, -0.15) is 13.1 Å². The molecule has 12 nitrogen and oxygen atoms in total. The van der Waals surface area contributed by atoms with E-state index in [4.69, 9.17) is 15.8 Å². The molecular weight excluding hydrogens is 528 g/mol. The highest BCUT2D eigenvalue weighted by Gasteiger charge is 2.47. The Balaban J connectivity index is 1.80. The van der Waals surface area contributed by atoms with Gasteiger partial charge < -0.3 is 15.5 Å². The second-order valence-corrected chi connectivity index (χ2v) is 11.3. The van der Waals surface area contributed by atoms with Crippen LogP contribution in [0.4, 0.5) is 0 Å². The van der Waals surface area contributed by atoms with E-state index in [1.54, 1.807) is 0 Å². The van der Waals surface area contributed by atoms with Crippen molar-refractivity contribution in [3.63, 3.8) is 0 Å². The van der Waals surface area contributed by atoms with Crippen molar-refractivity contribution in [1.82, 2.24) is 10.0 Å². The third-order valence-corrected chi connectivity index (χ3v) is 7.68. The van der Waals surface area contributed by atoms with Crippen molar-refractivity contribution in [1.29, 1.82) is 0 Å². The molecule has 0 radical (unpaired) electrons. The number of aliphatic hydroxyl groups is 1. The molecule has 1 aromatic carbocycles. The Morgan fingerprint density at radius 3 is 2.51 bits per heavy atom. The molecule has 15 heteroatoms. The number of allylic oxidation sites excluding steroid dienone is 1. The monoisotopic (exact) mass is 550 g/mol. The molecule has 1 fully saturated rings. The fourth-order valence-electron chi connectivity index (χ4n) is 3.80. The van der Waals surface area contributed by atoms with Gasteiger partial charge in [-0.1, -0.05) is 29.8 Å². The first-order valence-electron chi connectivity index (χ1n) is 10.2. The number of carboxylic acids is 1. The topological polar surface area (TPSA) is 196 Å². The Hall–Kier alpha value is -2.17. The van der Waals surface area contributed by atoms with Crippen LogP contribution < -0.4 is 10.0 Å². The lowest BCUT2D eigenvalue weighted by molar-refractivity contribution is -0.139. The second-order valence-electron chi connectivity index (χ2n) is 8.11. The van der Waals surface area contributed by atoms with E-state index in [2.05, 4.69) is 10.0 Å². The van der Waals surface area contributed by atoms with Crippen LogP contribution in [0.2, 0.25) is 5.02 Å². The summed E-state index contributed by atoms with van der Waals surface area (Å²) in [6, 6.07) is 2.70. The van der Waals surface area contributed by atoms with Gasteiger partial charge in [-0.25, -0.2) is 12.6 Å². The number of Topliss-reactive ketones (excluding diaryl/α,β-unsaturated/α-hetero) is 1. The highest BCUT2D eigenvalue weighted by Crippen LogP contribution is 2.32. The predicted octanol–water partition coefficient (Wildman–Crippen LogP) is 0.198. The van der Waals surface area contributed by atoms with E-state index < -0.39 is 56.0 Å². The number of carbonyl (C=O) groups is 2. The van der Waals surface area contributed by atoms with Crippen molar-refractivity contribution in [3.8, 4) is 0 Å². The van der Waals surface area contributed by atoms with Gasteiger partial charge in [0.2, 0.25) is 10.0 Å². The van der Waals surface area contributed by atoms with Gasteiger partial charge in [0, 0.05) is 18.0 Å². The summed E-state index contributed by atoms with van der Waals surface area (Å²) >= 11 is 5.81. The molecule has 2 aliphatic rings. The van der Waals surface area contributed by atoms with E-state index in [1.807, 2.05) is 0 Å². The number of ketones is 1. The zero-order valence-corrected chi connectivity index (χ0v) is 20.4. The van der Waals surface area contributed by atoms with Crippen LogP contribution in [0, 0.1) is 0 Å². The molecule has 1 aromatic rings. The van der Waals surface area contributed by atoms with Gasteiger partial charge in [-0.05, 0) is 42.7 Å². The van der Waals surface area contributed by atoms with E-state index in [9.17, 15) is 41.2 Å². The summed E-state index contributed by atoms with van der Waals surface area (Å²) in [5, 5.41) is 22.1. The predicted molar refractivity (Wildman–Crippen MR) is 122 cm³/mol. The Labute approximate surface area is 206 Å². The van der Waals surface area contributed by atoms with Crippen LogP contribution in [-0.2, 0) is 34.2 Å². The summed E-state index contributed by atoms with van der Waals surface area (Å²) in [5.74, 6) is -2.23. The van der Waals surface area contributed by atoms with Crippen molar-refractivity contribution in [2.75, 3.05) is 6.54 Å². The van der Waals surface area contributed by atoms with E-state index in [0.29, 0.717) is 0 Å². The molecular formula is C20H23ClN2O10S2. The molecule has 0 amide bonds. The minimum absolute atomic E-state index is 0.00615. The number of halogens is 1. The van der Waals surface area contributed by atoms with Crippen LogP contribution in [-0.4, -0.2) is 73.7 Å². The normalized spacial score (nSPS) is 25.7. The Morgan fingerprint density at radius 1 is 1.29 bits per heavy atom. The number of nitrogens with one attached hydrogen (secondary N) is 2. The van der Waals surface area contributed by atoms with Crippen LogP contribution in [0.15, 0.2) is 53.0 Å². The zero-order valence-electron chi connectivity index (χ0n) is 18.0. The molecule has 1 aliphatic heterocycles. The number of hydrogen-bond acceptors (Lipinski definition) is 9. The smallest absolute Gasteiger partial charge is 0.398 e. The SMILES string of the molecule is O=C(O)[C@H](CC1=CC[C@](OS(=O)(=O)O)(C(=O)[C@@H]2C[C@@H](O)CN2)C=C1)NS(=O)(=O)c1cccc(Cl)c1. The molecule has 35 heavy (non-hydrogen) atoms. The zero-order chi connectivity index (χ0) is 26.0. The number of rotatable bonds is 10. The maximum absolute atomic E-state index is 13.0. The summed E-state index contributed by atoms with van der Waals surface area (Å²) < 4.78 is 64.1. The summed E-state index contributed by atoms with van der Waals surface area (Å²) in [5.41, 5.74) is -1.86. The number of aliphatic carboxylic acids is 1. The van der Waals surface area contributed by atoms with Gasteiger partial charge in [0.25, 0.3) is 0 Å². The average Bonchev–Trinajstić information content (AvgIpc) is 3.19. The van der Waals surface area contributed by atoms with E-state index >= 15 is 0 Å². The van der Waals surface area contributed by atoms with Crippen molar-refractivity contribution in [2.45, 2.75) is 47.9 Å². The van der Waals surface area contributed by atoms with Crippen LogP contribution in [0.1, 0.15) is 19.3 Å². The molecule has 1 saturated heterocycles. The molecule has 1 aliphatic carbocycles. The largest absolute Gasteiger partial charge is 0.480 e. The number of carboxylic acid groups (broad SMARTS) is 1. The lowest BCUT2D eigenvalue weighted by Gasteiger charge is -2.31. The van der Waals surface area contributed by atoms with Gasteiger partial charge in [0.05, 0.1) is 17.0 Å². The summed E-state index contributed by atoms with van der Waals surface area (Å²) in [4.78, 5) is 24.5. The van der Waals surface area contributed by atoms with Gasteiger partial charge in [-0.3, -0.25) is 14.1 Å². The number of sulfonamides is 1. The summed E-state index contributed by atoms with van der Waals surface area (Å²) in [6.07, 6.45) is 2.05. The van der Waals surface area contributed by atoms with Crippen molar-refractivity contribution in [3.05, 3.63) is 53.1 Å². The van der Waals surface area contributed by atoms with Gasteiger partial charge in [0.1, 0.15) is 6.04 Å². The summed E-state index contributed by atoms with van der Waals surface area (Å²) in [6.45, 7) is 0.107. The second kappa shape index (κ2) is 10.4. The first kappa shape index (κ1) is 27.4. The third-order valence-electron chi connectivity index (χ3n) is 5.47. The molecule has 0 spiro atoms. The molecule has 3 rings (SSSR count). The average molecular weight is 551 g/mol. The Bertz CT molecular complexity index is 1280. The molecule has 1 heterocycles. The van der Waals surface area contributed by atoms with E-state index in [1.165, 1.54) is 30.4 Å².